The van der Waals surface area contributed by atoms with Crippen LogP contribution in [0.1, 0.15) is 41.4 Å². The minimum Gasteiger partial charge on any atom is -0.270 e. The molecule has 0 unspecified atom stereocenters. The summed E-state index contributed by atoms with van der Waals surface area (Å²) in [6, 6.07) is 13.7. The fraction of sp³-hybridized carbons (Fsp3) is 0.130. The van der Waals surface area contributed by atoms with Gasteiger partial charge >= 0.3 is 0 Å². The molecular weight excluding hydrogens is 528 g/mol. The zero-order valence-corrected chi connectivity index (χ0v) is 19.4. The van der Waals surface area contributed by atoms with Crippen molar-refractivity contribution >= 4 is 55.5 Å². The summed E-state index contributed by atoms with van der Waals surface area (Å²) >= 11 is 6.16. The molecule has 0 saturated carbocycles. The highest BCUT2D eigenvalue weighted by atomic mass is 79.9. The minimum atomic E-state index is -0.272. The normalized spacial score (nSPS) is 14.3. The largest absolute Gasteiger partial charge is 0.270 e. The van der Waals surface area contributed by atoms with Crippen LogP contribution in [-0.4, -0.2) is 51.8 Å². The molecule has 8 heteroatoms. The van der Waals surface area contributed by atoms with Gasteiger partial charge in [0.1, 0.15) is 0 Å². The summed E-state index contributed by atoms with van der Waals surface area (Å²) in [6.07, 6.45) is 3.67. The minimum absolute atomic E-state index is 0.123. The number of amides is 4. The van der Waals surface area contributed by atoms with E-state index in [4.69, 9.17) is 0 Å². The van der Waals surface area contributed by atoms with E-state index >= 15 is 0 Å². The van der Waals surface area contributed by atoms with Crippen molar-refractivity contribution < 1.29 is 19.2 Å². The molecule has 6 nitrogen and oxygen atoms in total. The molecule has 2 aromatic rings. The molecule has 0 aliphatic carbocycles. The topological polar surface area (TPSA) is 74.8 Å². The SMILES string of the molecule is O=C1c2ccccc2C(=O)N1CC#CBr.O=C1c2ccccc2C(=O)N1CC=CCBr. The number of allylic oxidation sites excluding steroid dienone is 1. The zero-order chi connectivity index (χ0) is 22.4. The number of fused-ring (bicyclic) bond motifs is 2. The summed E-state index contributed by atoms with van der Waals surface area (Å²) < 4.78 is 0. The van der Waals surface area contributed by atoms with Gasteiger partial charge in [0.25, 0.3) is 23.6 Å². The van der Waals surface area contributed by atoms with Gasteiger partial charge in [0.05, 0.1) is 28.8 Å². The van der Waals surface area contributed by atoms with E-state index in [2.05, 4.69) is 42.6 Å². The van der Waals surface area contributed by atoms with Crippen LogP contribution in [0.15, 0.2) is 60.7 Å². The summed E-state index contributed by atoms with van der Waals surface area (Å²) in [5.41, 5.74) is 1.91. The van der Waals surface area contributed by atoms with Crippen molar-refractivity contribution in [3.8, 4) is 10.8 Å². The molecule has 0 spiro atoms. The van der Waals surface area contributed by atoms with Gasteiger partial charge in [-0.1, -0.05) is 58.3 Å². The van der Waals surface area contributed by atoms with Crippen LogP contribution in [0.3, 0.4) is 0 Å². The van der Waals surface area contributed by atoms with Gasteiger partial charge in [-0.25, -0.2) is 0 Å². The number of alkyl halides is 1. The number of imide groups is 2. The number of hydrogen-bond donors (Lipinski definition) is 0. The highest BCUT2D eigenvalue weighted by Crippen LogP contribution is 2.22. The van der Waals surface area contributed by atoms with Gasteiger partial charge < -0.3 is 0 Å². The Labute approximate surface area is 196 Å². The van der Waals surface area contributed by atoms with Gasteiger partial charge in [0, 0.05) is 27.8 Å². The Morgan fingerprint density at radius 2 is 1.13 bits per heavy atom. The highest BCUT2D eigenvalue weighted by Gasteiger charge is 2.35. The first-order chi connectivity index (χ1) is 15.0. The molecule has 0 saturated heterocycles. The van der Waals surface area contributed by atoms with Gasteiger partial charge in [-0.15, -0.1) is 0 Å². The van der Waals surface area contributed by atoms with Crippen molar-refractivity contribution in [2.75, 3.05) is 18.4 Å². The predicted molar refractivity (Wildman–Crippen MR) is 123 cm³/mol. The second-order valence-corrected chi connectivity index (χ2v) is 7.45. The lowest BCUT2D eigenvalue weighted by Crippen LogP contribution is -2.29. The number of nitrogens with zero attached hydrogens (tertiary/aromatic N) is 2. The third kappa shape index (κ3) is 4.68. The lowest BCUT2D eigenvalue weighted by Gasteiger charge is -2.09. The number of halogens is 2. The van der Waals surface area contributed by atoms with E-state index in [9.17, 15) is 19.2 Å². The first-order valence-corrected chi connectivity index (χ1v) is 11.1. The smallest absolute Gasteiger partial charge is 0.262 e. The summed E-state index contributed by atoms with van der Waals surface area (Å²) in [4.78, 5) is 52.1. The third-order valence-corrected chi connectivity index (χ3v) is 5.26. The predicted octanol–water partition coefficient (Wildman–Crippen LogP) is 3.87. The molecular formula is C23H16Br2N2O4. The van der Waals surface area contributed by atoms with Gasteiger partial charge in [0.2, 0.25) is 0 Å². The van der Waals surface area contributed by atoms with Crippen molar-refractivity contribution in [2.24, 2.45) is 0 Å². The van der Waals surface area contributed by atoms with Crippen molar-refractivity contribution in [1.29, 1.82) is 0 Å². The van der Waals surface area contributed by atoms with E-state index in [-0.39, 0.29) is 30.2 Å². The zero-order valence-electron chi connectivity index (χ0n) is 16.2. The Morgan fingerprint density at radius 1 is 0.710 bits per heavy atom. The Hall–Kier alpha value is -3.02. The number of rotatable bonds is 4. The fourth-order valence-electron chi connectivity index (χ4n) is 3.14. The van der Waals surface area contributed by atoms with Crippen LogP contribution in [0, 0.1) is 10.8 Å². The molecule has 0 radical (unpaired) electrons. The average molecular weight is 544 g/mol. The highest BCUT2D eigenvalue weighted by molar-refractivity contribution is 9.12. The summed E-state index contributed by atoms with van der Waals surface area (Å²) in [5, 5.41) is 0.718. The maximum absolute atomic E-state index is 11.9. The van der Waals surface area contributed by atoms with Gasteiger partial charge in [0.15, 0.2) is 0 Å². The molecule has 0 N–H and O–H groups in total. The van der Waals surface area contributed by atoms with E-state index in [1.54, 1.807) is 54.6 Å². The molecule has 2 aromatic carbocycles. The molecule has 0 fully saturated rings. The molecule has 2 aliphatic heterocycles. The van der Waals surface area contributed by atoms with Crippen LogP contribution in [0.5, 0.6) is 0 Å². The van der Waals surface area contributed by atoms with E-state index < -0.39 is 0 Å². The molecule has 4 rings (SSSR count). The lowest BCUT2D eigenvalue weighted by atomic mass is 10.1. The fourth-order valence-corrected chi connectivity index (χ4v) is 3.53. The maximum atomic E-state index is 11.9. The number of hydrogen-bond acceptors (Lipinski definition) is 4. The maximum Gasteiger partial charge on any atom is 0.262 e. The average Bonchev–Trinajstić information content (AvgIpc) is 3.18. The van der Waals surface area contributed by atoms with Gasteiger partial charge in [-0.2, -0.15) is 0 Å². The Morgan fingerprint density at radius 3 is 1.52 bits per heavy atom. The van der Waals surface area contributed by atoms with Crippen molar-refractivity contribution in [3.63, 3.8) is 0 Å². The Kier molecular flexibility index (Phi) is 7.55. The lowest BCUT2D eigenvalue weighted by molar-refractivity contribution is 0.0658. The van der Waals surface area contributed by atoms with Crippen molar-refractivity contribution in [3.05, 3.63) is 82.9 Å². The Bertz CT molecular complexity index is 1080. The molecule has 31 heavy (non-hydrogen) atoms. The molecule has 2 heterocycles. The molecule has 2 aliphatic rings. The van der Waals surface area contributed by atoms with Crippen molar-refractivity contribution in [1.82, 2.24) is 9.80 Å². The van der Waals surface area contributed by atoms with Crippen LogP contribution in [0.4, 0.5) is 0 Å². The van der Waals surface area contributed by atoms with Crippen LogP contribution in [0.2, 0.25) is 0 Å². The summed E-state index contributed by atoms with van der Waals surface area (Å²) in [6.45, 7) is 0.454. The molecule has 0 aromatic heterocycles. The van der Waals surface area contributed by atoms with Gasteiger partial charge in [-0.05, 0) is 29.1 Å². The first-order valence-electron chi connectivity index (χ1n) is 9.21. The molecule has 0 bridgehead atoms. The standard InChI is InChI=1S/C12H10BrNO2.C11H6BrNO2/c13-7-3-4-8-14-11(15)9-5-1-2-6-10(9)12(14)16;12-6-3-7-13-10(14)8-4-1-2-5-9(8)11(13)15/h1-6H,7-8H2;1-2,4-5H,7H2. The first kappa shape index (κ1) is 22.7. The number of carbonyl (C=O) groups is 4. The van der Waals surface area contributed by atoms with Crippen LogP contribution < -0.4 is 0 Å². The molecule has 0 atom stereocenters. The summed E-state index contributed by atoms with van der Waals surface area (Å²) in [7, 11) is 0. The van der Waals surface area contributed by atoms with Gasteiger partial charge in [-0.3, -0.25) is 29.0 Å². The number of benzene rings is 2. The van der Waals surface area contributed by atoms with E-state index in [0.717, 1.165) is 10.2 Å². The second kappa shape index (κ2) is 10.3. The number of carbonyl (C=O) groups excluding carboxylic acids is 4. The van der Waals surface area contributed by atoms with E-state index in [1.807, 2.05) is 6.08 Å². The van der Waals surface area contributed by atoms with E-state index in [1.165, 1.54) is 4.90 Å². The monoisotopic (exact) mass is 542 g/mol. The summed E-state index contributed by atoms with van der Waals surface area (Å²) in [5.74, 6) is 1.68. The molecule has 4 amide bonds. The van der Waals surface area contributed by atoms with Crippen molar-refractivity contribution in [2.45, 2.75) is 0 Å². The molecule has 156 valence electrons. The van der Waals surface area contributed by atoms with E-state index in [0.29, 0.717) is 28.8 Å². The van der Waals surface area contributed by atoms with Crippen LogP contribution in [-0.2, 0) is 0 Å². The van der Waals surface area contributed by atoms with Crippen LogP contribution in [0.25, 0.3) is 0 Å². The quantitative estimate of drug-likeness (QED) is 0.254. The second-order valence-electron chi connectivity index (χ2n) is 6.41. The van der Waals surface area contributed by atoms with Crippen LogP contribution >= 0.6 is 31.9 Å². The Balaban J connectivity index is 0.000000176. The third-order valence-electron chi connectivity index (χ3n) is 4.60.